The van der Waals surface area contributed by atoms with Gasteiger partial charge in [-0.05, 0) is 36.2 Å². The third-order valence-corrected chi connectivity index (χ3v) is 4.49. The second-order valence-corrected chi connectivity index (χ2v) is 6.21. The van der Waals surface area contributed by atoms with Gasteiger partial charge in [-0.3, -0.25) is 9.88 Å². The van der Waals surface area contributed by atoms with E-state index >= 15 is 0 Å². The van der Waals surface area contributed by atoms with Crippen LogP contribution in [0.15, 0.2) is 48.8 Å². The normalized spacial score (nSPS) is 19.3. The summed E-state index contributed by atoms with van der Waals surface area (Å²) >= 11 is 0. The van der Waals surface area contributed by atoms with E-state index in [1.807, 2.05) is 12.4 Å². The Kier molecular flexibility index (Phi) is 3.85. The highest BCUT2D eigenvalue weighted by molar-refractivity contribution is 5.82. The quantitative estimate of drug-likeness (QED) is 0.806. The van der Waals surface area contributed by atoms with Crippen molar-refractivity contribution in [3.8, 4) is 0 Å². The molecule has 23 heavy (non-hydrogen) atoms. The number of nitrogens with zero attached hydrogens (tertiary/aromatic N) is 2. The molecule has 0 unspecified atom stereocenters. The van der Waals surface area contributed by atoms with Crippen LogP contribution < -0.4 is 0 Å². The van der Waals surface area contributed by atoms with Crippen LogP contribution in [0.5, 0.6) is 0 Å². The molecule has 2 aromatic heterocycles. The molecule has 1 aromatic carbocycles. The third kappa shape index (κ3) is 3.00. The van der Waals surface area contributed by atoms with Gasteiger partial charge in [-0.25, -0.2) is 0 Å². The fraction of sp³-hybridized carbons (Fsp3) is 0.316. The van der Waals surface area contributed by atoms with Gasteiger partial charge in [0.1, 0.15) is 6.10 Å². The fourth-order valence-electron chi connectivity index (χ4n) is 3.22. The van der Waals surface area contributed by atoms with Crippen LogP contribution in [0.4, 0.5) is 0 Å². The van der Waals surface area contributed by atoms with Gasteiger partial charge >= 0.3 is 0 Å². The van der Waals surface area contributed by atoms with E-state index in [2.05, 4.69) is 58.2 Å². The zero-order chi connectivity index (χ0) is 15.6. The molecule has 4 heteroatoms. The lowest BCUT2D eigenvalue weighted by Gasteiger charge is -2.32. The lowest BCUT2D eigenvalue weighted by molar-refractivity contribution is -0.0348. The molecule has 1 saturated heterocycles. The van der Waals surface area contributed by atoms with Crippen LogP contribution in [0.25, 0.3) is 10.9 Å². The molecule has 3 heterocycles. The maximum absolute atomic E-state index is 5.93. The first-order valence-corrected chi connectivity index (χ1v) is 8.11. The van der Waals surface area contributed by atoms with Crippen LogP contribution in [0.2, 0.25) is 0 Å². The second-order valence-electron chi connectivity index (χ2n) is 6.21. The molecule has 3 aromatic rings. The van der Waals surface area contributed by atoms with Crippen LogP contribution in [0.1, 0.15) is 22.9 Å². The maximum Gasteiger partial charge on any atom is 0.112 e. The van der Waals surface area contributed by atoms with Crippen molar-refractivity contribution >= 4 is 10.9 Å². The first kappa shape index (κ1) is 14.4. The van der Waals surface area contributed by atoms with E-state index in [9.17, 15) is 0 Å². The largest absolute Gasteiger partial charge is 0.369 e. The monoisotopic (exact) mass is 307 g/mol. The summed E-state index contributed by atoms with van der Waals surface area (Å²) in [6, 6.07) is 12.8. The Morgan fingerprint density at radius 1 is 1.26 bits per heavy atom. The molecule has 118 valence electrons. The zero-order valence-corrected chi connectivity index (χ0v) is 13.3. The number of pyridine rings is 1. The fourth-order valence-corrected chi connectivity index (χ4v) is 3.22. The minimum atomic E-state index is 0.0646. The van der Waals surface area contributed by atoms with Crippen molar-refractivity contribution in [3.63, 3.8) is 0 Å². The summed E-state index contributed by atoms with van der Waals surface area (Å²) in [5.41, 5.74) is 4.77. The molecule has 0 amide bonds. The number of aromatic amines is 1. The van der Waals surface area contributed by atoms with E-state index in [-0.39, 0.29) is 6.10 Å². The molecule has 1 N–H and O–H groups in total. The average molecular weight is 307 g/mol. The Bertz CT molecular complexity index is 794. The molecule has 1 aliphatic heterocycles. The Hall–Kier alpha value is -2.17. The van der Waals surface area contributed by atoms with E-state index in [1.54, 1.807) is 0 Å². The van der Waals surface area contributed by atoms with Crippen molar-refractivity contribution in [2.45, 2.75) is 19.6 Å². The number of aryl methyl sites for hydroxylation is 1. The second kappa shape index (κ2) is 6.14. The number of nitrogens with one attached hydrogen (secondary N) is 1. The summed E-state index contributed by atoms with van der Waals surface area (Å²) in [7, 11) is 0. The number of H-pyrrole nitrogens is 1. The Labute approximate surface area is 136 Å². The van der Waals surface area contributed by atoms with Gasteiger partial charge < -0.3 is 9.72 Å². The first-order valence-electron chi connectivity index (χ1n) is 8.11. The minimum Gasteiger partial charge on any atom is -0.369 e. The van der Waals surface area contributed by atoms with E-state index in [0.717, 1.165) is 31.9 Å². The van der Waals surface area contributed by atoms with Gasteiger partial charge in [0.15, 0.2) is 0 Å². The molecular weight excluding hydrogens is 286 g/mol. The van der Waals surface area contributed by atoms with Crippen molar-refractivity contribution < 1.29 is 4.74 Å². The first-order chi connectivity index (χ1) is 11.3. The Balaban J connectivity index is 1.51. The van der Waals surface area contributed by atoms with Crippen LogP contribution in [-0.2, 0) is 11.3 Å². The Morgan fingerprint density at radius 2 is 2.22 bits per heavy atom. The Morgan fingerprint density at radius 3 is 3.09 bits per heavy atom. The van der Waals surface area contributed by atoms with Gasteiger partial charge in [-0.15, -0.1) is 0 Å². The number of ether oxygens (including phenoxy) is 1. The van der Waals surface area contributed by atoms with Gasteiger partial charge in [-0.2, -0.15) is 0 Å². The van der Waals surface area contributed by atoms with Gasteiger partial charge in [0.2, 0.25) is 0 Å². The molecular formula is C19H21N3O. The molecule has 4 rings (SSSR count). The van der Waals surface area contributed by atoms with Crippen molar-refractivity contribution in [2.75, 3.05) is 19.7 Å². The number of hydrogen-bond donors (Lipinski definition) is 1. The number of morpholine rings is 1. The number of benzene rings is 1. The van der Waals surface area contributed by atoms with Crippen LogP contribution in [-0.4, -0.2) is 34.6 Å². The average Bonchev–Trinajstić information content (AvgIpc) is 3.06. The van der Waals surface area contributed by atoms with E-state index in [1.165, 1.54) is 22.0 Å². The third-order valence-electron chi connectivity index (χ3n) is 4.49. The predicted molar refractivity (Wildman–Crippen MR) is 91.2 cm³/mol. The van der Waals surface area contributed by atoms with Gasteiger partial charge in [-0.1, -0.05) is 18.2 Å². The minimum absolute atomic E-state index is 0.0646. The molecule has 0 spiro atoms. The van der Waals surface area contributed by atoms with E-state index in [0.29, 0.717) is 0 Å². The van der Waals surface area contributed by atoms with Crippen LogP contribution in [0.3, 0.4) is 0 Å². The van der Waals surface area contributed by atoms with Crippen molar-refractivity contribution in [1.82, 2.24) is 14.9 Å². The summed E-state index contributed by atoms with van der Waals surface area (Å²) in [5, 5.41) is 1.31. The van der Waals surface area contributed by atoms with Crippen molar-refractivity contribution in [3.05, 3.63) is 65.6 Å². The summed E-state index contributed by atoms with van der Waals surface area (Å²) in [4.78, 5) is 10.3. The molecule has 4 nitrogen and oxygen atoms in total. The van der Waals surface area contributed by atoms with Gasteiger partial charge in [0.25, 0.3) is 0 Å². The highest BCUT2D eigenvalue weighted by Crippen LogP contribution is 2.24. The number of rotatable bonds is 3. The standard InChI is InChI=1S/C19H21N3O/c1-14-5-6-18(21-11-14)19-13-22(9-10-23-19)12-15-3-2-4-17-16(15)7-8-20-17/h2-8,11,19-20H,9-10,12-13H2,1H3/t19-/m1/s1. The van der Waals surface area contributed by atoms with Gasteiger partial charge in [0.05, 0.1) is 12.3 Å². The SMILES string of the molecule is Cc1ccc([C@H]2CN(Cc3cccc4[nH]ccc34)CCO2)nc1. The molecule has 1 aliphatic rings. The molecule has 0 saturated carbocycles. The highest BCUT2D eigenvalue weighted by Gasteiger charge is 2.23. The van der Waals surface area contributed by atoms with E-state index < -0.39 is 0 Å². The zero-order valence-electron chi connectivity index (χ0n) is 13.3. The lowest BCUT2D eigenvalue weighted by atomic mass is 10.1. The maximum atomic E-state index is 5.93. The topological polar surface area (TPSA) is 41.2 Å². The predicted octanol–water partition coefficient (Wildman–Crippen LogP) is 3.44. The molecule has 1 atom stereocenters. The molecule has 1 fully saturated rings. The van der Waals surface area contributed by atoms with Crippen molar-refractivity contribution in [2.24, 2.45) is 0 Å². The van der Waals surface area contributed by atoms with E-state index in [4.69, 9.17) is 4.74 Å². The molecule has 0 radical (unpaired) electrons. The molecule has 0 bridgehead atoms. The number of aromatic nitrogens is 2. The summed E-state index contributed by atoms with van der Waals surface area (Å²) in [5.74, 6) is 0. The van der Waals surface area contributed by atoms with Crippen molar-refractivity contribution in [1.29, 1.82) is 0 Å². The number of fused-ring (bicyclic) bond motifs is 1. The summed E-state index contributed by atoms with van der Waals surface area (Å²) in [6.45, 7) is 5.60. The lowest BCUT2D eigenvalue weighted by Crippen LogP contribution is -2.38. The highest BCUT2D eigenvalue weighted by atomic mass is 16.5. The smallest absolute Gasteiger partial charge is 0.112 e. The van der Waals surface area contributed by atoms with Crippen LogP contribution >= 0.6 is 0 Å². The van der Waals surface area contributed by atoms with Gasteiger partial charge in [0, 0.05) is 42.9 Å². The van der Waals surface area contributed by atoms with Crippen LogP contribution in [0, 0.1) is 6.92 Å². The number of hydrogen-bond acceptors (Lipinski definition) is 3. The summed E-state index contributed by atoms with van der Waals surface area (Å²) < 4.78 is 5.93. The summed E-state index contributed by atoms with van der Waals surface area (Å²) in [6.07, 6.45) is 3.99. The molecule has 0 aliphatic carbocycles.